The molecule has 2 amide bonds. The Hall–Kier alpha value is -3.92. The average Bonchev–Trinajstić information content (AvgIpc) is 2.93. The van der Waals surface area contributed by atoms with Crippen molar-refractivity contribution in [1.29, 1.82) is 0 Å². The summed E-state index contributed by atoms with van der Waals surface area (Å²) in [4.78, 5) is 17.0. The van der Waals surface area contributed by atoms with Gasteiger partial charge in [0.05, 0.1) is 26.5 Å². The maximum absolute atomic E-state index is 13.4. The number of benzene rings is 3. The molecule has 0 aliphatic heterocycles. The molecule has 3 rings (SSSR count). The fraction of sp³-hybridized carbons (Fsp3) is 0.345. The van der Waals surface area contributed by atoms with Gasteiger partial charge in [0.1, 0.15) is 22.1 Å². The zero-order valence-corrected chi connectivity index (χ0v) is 24.1. The average molecular weight is 556 g/mol. The summed E-state index contributed by atoms with van der Waals surface area (Å²) < 4.78 is 42.7. The Morgan fingerprint density at radius 2 is 1.56 bits per heavy atom. The zero-order chi connectivity index (χ0) is 28.6. The normalized spacial score (nSPS) is 11.2. The second-order valence-corrected chi connectivity index (χ2v) is 10.6. The van der Waals surface area contributed by atoms with Crippen LogP contribution in [0.3, 0.4) is 0 Å². The molecule has 0 radical (unpaired) electrons. The Bertz CT molecular complexity index is 1360. The number of urea groups is 1. The maximum atomic E-state index is 13.4. The minimum Gasteiger partial charge on any atom is -0.497 e. The number of nitrogens with zero attached hydrogens (tertiary/aromatic N) is 2. The molecule has 0 heterocycles. The van der Waals surface area contributed by atoms with Gasteiger partial charge in [-0.25, -0.2) is 4.79 Å². The fourth-order valence-electron chi connectivity index (χ4n) is 4.05. The predicted octanol–water partition coefficient (Wildman–Crippen LogP) is 5.76. The molecule has 3 aromatic rings. The SMILES string of the molecule is CCN(CC)c1ccc(CN(C(=O)Nc2ccccc2OC)C(C)C)c(OS(=O)(=O)c2ccc(OC)cc2)c1. The van der Waals surface area contributed by atoms with Gasteiger partial charge in [-0.1, -0.05) is 18.2 Å². The number of methoxy groups -OCH3 is 2. The highest BCUT2D eigenvalue weighted by molar-refractivity contribution is 7.87. The highest BCUT2D eigenvalue weighted by Gasteiger charge is 2.24. The second kappa shape index (κ2) is 13.2. The molecule has 0 saturated carbocycles. The lowest BCUT2D eigenvalue weighted by molar-refractivity contribution is 0.193. The van der Waals surface area contributed by atoms with Gasteiger partial charge in [0.15, 0.2) is 0 Å². The lowest BCUT2D eigenvalue weighted by Crippen LogP contribution is -2.39. The third-order valence-electron chi connectivity index (χ3n) is 6.30. The van der Waals surface area contributed by atoms with Crippen molar-refractivity contribution < 1.29 is 26.9 Å². The molecule has 3 aromatic carbocycles. The van der Waals surface area contributed by atoms with Gasteiger partial charge in [-0.2, -0.15) is 8.42 Å². The van der Waals surface area contributed by atoms with Gasteiger partial charge in [-0.15, -0.1) is 0 Å². The van der Waals surface area contributed by atoms with Crippen LogP contribution in [0.25, 0.3) is 0 Å². The highest BCUT2D eigenvalue weighted by atomic mass is 32.2. The minimum absolute atomic E-state index is 0.00266. The summed E-state index contributed by atoms with van der Waals surface area (Å²) in [5, 5.41) is 2.90. The van der Waals surface area contributed by atoms with E-state index < -0.39 is 10.1 Å². The van der Waals surface area contributed by atoms with Crippen LogP contribution < -0.4 is 23.9 Å². The molecule has 0 atom stereocenters. The van der Waals surface area contributed by atoms with Crippen LogP contribution in [-0.2, 0) is 16.7 Å². The van der Waals surface area contributed by atoms with Crippen molar-refractivity contribution in [3.8, 4) is 17.2 Å². The zero-order valence-electron chi connectivity index (χ0n) is 23.3. The van der Waals surface area contributed by atoms with Gasteiger partial charge < -0.3 is 28.8 Å². The van der Waals surface area contributed by atoms with Gasteiger partial charge in [-0.05, 0) is 70.2 Å². The smallest absolute Gasteiger partial charge is 0.339 e. The summed E-state index contributed by atoms with van der Waals surface area (Å²) in [6.07, 6.45) is 0. The van der Waals surface area contributed by atoms with E-state index in [0.717, 1.165) is 18.8 Å². The number of amides is 2. The minimum atomic E-state index is -4.16. The van der Waals surface area contributed by atoms with Crippen LogP contribution >= 0.6 is 0 Å². The number of nitrogens with one attached hydrogen (secondary N) is 1. The molecule has 0 saturated heterocycles. The van der Waals surface area contributed by atoms with E-state index in [1.807, 2.05) is 39.8 Å². The van der Waals surface area contributed by atoms with Gasteiger partial charge in [0.25, 0.3) is 0 Å². The van der Waals surface area contributed by atoms with Crippen LogP contribution in [0.1, 0.15) is 33.3 Å². The third-order valence-corrected chi connectivity index (χ3v) is 7.55. The lowest BCUT2D eigenvalue weighted by Gasteiger charge is -2.29. The molecule has 1 N–H and O–H groups in total. The molecule has 9 nitrogen and oxygen atoms in total. The van der Waals surface area contributed by atoms with Crippen LogP contribution in [0.5, 0.6) is 17.2 Å². The Kier molecular flexibility index (Phi) is 10.1. The van der Waals surface area contributed by atoms with E-state index in [2.05, 4.69) is 10.2 Å². The van der Waals surface area contributed by atoms with Crippen LogP contribution in [0.4, 0.5) is 16.2 Å². The first-order valence-corrected chi connectivity index (χ1v) is 14.2. The van der Waals surface area contributed by atoms with Crippen LogP contribution in [0.15, 0.2) is 71.6 Å². The van der Waals surface area contributed by atoms with Crippen molar-refractivity contribution in [3.63, 3.8) is 0 Å². The summed E-state index contributed by atoms with van der Waals surface area (Å²) in [5.74, 6) is 1.23. The molecule has 0 unspecified atom stereocenters. The van der Waals surface area contributed by atoms with E-state index >= 15 is 0 Å². The molecular formula is C29H37N3O6S. The monoisotopic (exact) mass is 555 g/mol. The van der Waals surface area contributed by atoms with Crippen molar-refractivity contribution in [2.24, 2.45) is 0 Å². The standard InChI is InChI=1S/C29H37N3O6S/c1-7-31(8-2)23-14-13-22(28(19-23)38-39(34,35)25-17-15-24(36-5)16-18-25)20-32(21(3)4)29(33)30-26-11-9-10-12-27(26)37-6/h9-19,21H,7-8,20H2,1-6H3,(H,30,33). The topological polar surface area (TPSA) is 97.4 Å². The molecule has 210 valence electrons. The highest BCUT2D eigenvalue weighted by Crippen LogP contribution is 2.31. The van der Waals surface area contributed by atoms with Crippen molar-refractivity contribution in [1.82, 2.24) is 4.90 Å². The summed E-state index contributed by atoms with van der Waals surface area (Å²) in [6.45, 7) is 9.41. The number of rotatable bonds is 12. The molecule has 10 heteroatoms. The van der Waals surface area contributed by atoms with Crippen molar-refractivity contribution in [2.45, 2.75) is 45.2 Å². The first kappa shape index (κ1) is 29.6. The second-order valence-electron chi connectivity index (χ2n) is 9.03. The number of carbonyl (C=O) groups is 1. The number of hydrogen-bond donors (Lipinski definition) is 1. The van der Waals surface area contributed by atoms with Crippen molar-refractivity contribution in [2.75, 3.05) is 37.5 Å². The molecule has 0 aromatic heterocycles. The number of para-hydroxylation sites is 2. The van der Waals surface area contributed by atoms with E-state index in [1.54, 1.807) is 47.4 Å². The molecule has 39 heavy (non-hydrogen) atoms. The summed E-state index contributed by atoms with van der Waals surface area (Å²) in [5.41, 5.74) is 1.90. The molecule has 0 aliphatic rings. The van der Waals surface area contributed by atoms with Crippen molar-refractivity contribution >= 4 is 27.5 Å². The van der Waals surface area contributed by atoms with Crippen LogP contribution in [0, 0.1) is 0 Å². The number of anilines is 2. The van der Waals surface area contributed by atoms with E-state index in [0.29, 0.717) is 22.7 Å². The molecule has 0 spiro atoms. The van der Waals surface area contributed by atoms with E-state index in [-0.39, 0.29) is 29.3 Å². The van der Waals surface area contributed by atoms with Gasteiger partial charge in [0, 0.05) is 36.4 Å². The Labute approximate surface area is 231 Å². The Morgan fingerprint density at radius 1 is 0.897 bits per heavy atom. The largest absolute Gasteiger partial charge is 0.497 e. The quantitative estimate of drug-likeness (QED) is 0.284. The van der Waals surface area contributed by atoms with E-state index in [4.69, 9.17) is 13.7 Å². The maximum Gasteiger partial charge on any atom is 0.339 e. The summed E-state index contributed by atoms with van der Waals surface area (Å²) in [7, 11) is -1.11. The Morgan fingerprint density at radius 3 is 2.15 bits per heavy atom. The molecule has 0 fully saturated rings. The fourth-order valence-corrected chi connectivity index (χ4v) is 5.01. The summed E-state index contributed by atoms with van der Waals surface area (Å²) in [6, 6.07) is 18.0. The predicted molar refractivity (Wildman–Crippen MR) is 154 cm³/mol. The van der Waals surface area contributed by atoms with Gasteiger partial charge >= 0.3 is 16.1 Å². The van der Waals surface area contributed by atoms with Gasteiger partial charge in [0.2, 0.25) is 0 Å². The number of ether oxygens (including phenoxy) is 2. The third kappa shape index (κ3) is 7.35. The first-order chi connectivity index (χ1) is 18.6. The van der Waals surface area contributed by atoms with Crippen molar-refractivity contribution in [3.05, 3.63) is 72.3 Å². The molecule has 0 bridgehead atoms. The number of hydrogen-bond acceptors (Lipinski definition) is 7. The Balaban J connectivity index is 1.98. The van der Waals surface area contributed by atoms with E-state index in [1.165, 1.54) is 26.4 Å². The molecule has 0 aliphatic carbocycles. The van der Waals surface area contributed by atoms with Crippen LogP contribution in [0.2, 0.25) is 0 Å². The van der Waals surface area contributed by atoms with Gasteiger partial charge in [-0.3, -0.25) is 0 Å². The number of carbonyl (C=O) groups excluding carboxylic acids is 1. The summed E-state index contributed by atoms with van der Waals surface area (Å²) >= 11 is 0. The molecular weight excluding hydrogens is 518 g/mol. The van der Waals surface area contributed by atoms with Crippen LogP contribution in [-0.4, -0.2) is 52.7 Å². The lowest BCUT2D eigenvalue weighted by atomic mass is 10.1. The first-order valence-electron chi connectivity index (χ1n) is 12.8. The van der Waals surface area contributed by atoms with E-state index in [9.17, 15) is 13.2 Å².